The number of nitrogens with zero attached hydrogens (tertiary/aromatic N) is 1. The zero-order chi connectivity index (χ0) is 13.2. The fraction of sp³-hybridized carbons (Fsp3) is 0.429. The van der Waals surface area contributed by atoms with Gasteiger partial charge >= 0.3 is 0 Å². The van der Waals surface area contributed by atoms with Crippen LogP contribution < -0.4 is 10.2 Å². The molecule has 0 bridgehead atoms. The summed E-state index contributed by atoms with van der Waals surface area (Å²) >= 11 is 0. The van der Waals surface area contributed by atoms with Gasteiger partial charge in [-0.25, -0.2) is 0 Å². The Kier molecular flexibility index (Phi) is 3.36. The summed E-state index contributed by atoms with van der Waals surface area (Å²) in [6.45, 7) is 4.72. The predicted octanol–water partition coefficient (Wildman–Crippen LogP) is 1.57. The average molecular weight is 246 g/mol. The van der Waals surface area contributed by atoms with Crippen molar-refractivity contribution in [3.8, 4) is 0 Å². The molecule has 1 saturated heterocycles. The number of anilines is 1. The van der Waals surface area contributed by atoms with E-state index >= 15 is 0 Å². The maximum atomic E-state index is 12.4. The third-order valence-corrected chi connectivity index (χ3v) is 3.46. The normalized spacial score (nSPS) is 23.2. The second-order valence-electron chi connectivity index (χ2n) is 4.73. The fourth-order valence-electron chi connectivity index (χ4n) is 2.26. The van der Waals surface area contributed by atoms with Crippen LogP contribution in [-0.4, -0.2) is 24.9 Å². The van der Waals surface area contributed by atoms with Gasteiger partial charge < -0.3 is 10.2 Å². The molecule has 0 saturated carbocycles. The predicted molar refractivity (Wildman–Crippen MR) is 70.2 cm³/mol. The first kappa shape index (κ1) is 12.6. The monoisotopic (exact) mass is 246 g/mol. The van der Waals surface area contributed by atoms with E-state index in [1.165, 1.54) is 0 Å². The second kappa shape index (κ2) is 4.80. The molecule has 1 N–H and O–H groups in total. The average Bonchev–Trinajstić information content (AvgIpc) is 2.69. The van der Waals surface area contributed by atoms with Crippen molar-refractivity contribution in [2.24, 2.45) is 5.41 Å². The molecule has 2 rings (SSSR count). The van der Waals surface area contributed by atoms with Gasteiger partial charge in [-0.2, -0.15) is 0 Å². The Hall–Kier alpha value is -1.84. The molecule has 4 heteroatoms. The highest BCUT2D eigenvalue weighted by atomic mass is 16.2. The Bertz CT molecular complexity index is 458. The van der Waals surface area contributed by atoms with Gasteiger partial charge in [0.2, 0.25) is 11.8 Å². The molecule has 1 aromatic rings. The molecule has 1 fully saturated rings. The summed E-state index contributed by atoms with van der Waals surface area (Å²) in [7, 11) is 0. The van der Waals surface area contributed by atoms with Crippen LogP contribution >= 0.6 is 0 Å². The lowest BCUT2D eigenvalue weighted by Gasteiger charge is -2.22. The largest absolute Gasteiger partial charge is 0.355 e. The van der Waals surface area contributed by atoms with E-state index in [1.807, 2.05) is 37.3 Å². The standard InChI is InChI=1S/C14H18N2O2/c1-3-15-12(17)14(2)9-10-16(13(14)18)11-7-5-4-6-8-11/h4-8H,3,9-10H2,1-2H3,(H,15,17). The third kappa shape index (κ3) is 1.98. The fourth-order valence-corrected chi connectivity index (χ4v) is 2.26. The van der Waals surface area contributed by atoms with E-state index < -0.39 is 5.41 Å². The Morgan fingerprint density at radius 2 is 2.06 bits per heavy atom. The topological polar surface area (TPSA) is 49.4 Å². The van der Waals surface area contributed by atoms with E-state index in [0.717, 1.165) is 5.69 Å². The first-order chi connectivity index (χ1) is 8.59. The highest BCUT2D eigenvalue weighted by Crippen LogP contribution is 2.34. The van der Waals surface area contributed by atoms with Crippen LogP contribution in [0.2, 0.25) is 0 Å². The number of rotatable bonds is 3. The minimum atomic E-state index is -0.925. The lowest BCUT2D eigenvalue weighted by atomic mass is 9.88. The summed E-state index contributed by atoms with van der Waals surface area (Å²) in [5, 5.41) is 2.74. The molecule has 0 aliphatic carbocycles. The van der Waals surface area contributed by atoms with Crippen LogP contribution in [-0.2, 0) is 9.59 Å². The van der Waals surface area contributed by atoms with Crippen LogP contribution in [0, 0.1) is 5.41 Å². The molecule has 2 amide bonds. The van der Waals surface area contributed by atoms with Crippen molar-refractivity contribution in [3.63, 3.8) is 0 Å². The van der Waals surface area contributed by atoms with Crippen molar-refractivity contribution < 1.29 is 9.59 Å². The maximum Gasteiger partial charge on any atom is 0.242 e. The Morgan fingerprint density at radius 3 is 2.67 bits per heavy atom. The highest BCUT2D eigenvalue weighted by Gasteiger charge is 2.48. The summed E-state index contributed by atoms with van der Waals surface area (Å²) in [4.78, 5) is 26.1. The lowest BCUT2D eigenvalue weighted by Crippen LogP contribution is -2.44. The molecular weight excluding hydrogens is 228 g/mol. The van der Waals surface area contributed by atoms with E-state index in [9.17, 15) is 9.59 Å². The Morgan fingerprint density at radius 1 is 1.39 bits per heavy atom. The van der Waals surface area contributed by atoms with E-state index in [1.54, 1.807) is 11.8 Å². The van der Waals surface area contributed by atoms with Crippen molar-refractivity contribution in [3.05, 3.63) is 30.3 Å². The number of carbonyl (C=O) groups is 2. The molecule has 1 atom stereocenters. The number of amides is 2. The number of benzene rings is 1. The summed E-state index contributed by atoms with van der Waals surface area (Å²) in [6, 6.07) is 9.48. The van der Waals surface area contributed by atoms with Crippen LogP contribution in [0.4, 0.5) is 5.69 Å². The van der Waals surface area contributed by atoms with E-state index in [0.29, 0.717) is 19.5 Å². The van der Waals surface area contributed by atoms with Crippen molar-refractivity contribution >= 4 is 17.5 Å². The van der Waals surface area contributed by atoms with Crippen molar-refractivity contribution in [1.29, 1.82) is 0 Å². The van der Waals surface area contributed by atoms with Crippen LogP contribution in [0.15, 0.2) is 30.3 Å². The number of nitrogens with one attached hydrogen (secondary N) is 1. The molecule has 0 radical (unpaired) electrons. The number of hydrogen-bond donors (Lipinski definition) is 1. The van der Waals surface area contributed by atoms with Crippen molar-refractivity contribution in [1.82, 2.24) is 5.32 Å². The van der Waals surface area contributed by atoms with Gasteiger partial charge in [0.1, 0.15) is 5.41 Å². The Labute approximate surface area is 107 Å². The van der Waals surface area contributed by atoms with Gasteiger partial charge in [0.25, 0.3) is 0 Å². The molecule has 1 heterocycles. The lowest BCUT2D eigenvalue weighted by molar-refractivity contribution is -0.138. The Balaban J connectivity index is 2.22. The minimum Gasteiger partial charge on any atom is -0.355 e. The van der Waals surface area contributed by atoms with Gasteiger partial charge in [0, 0.05) is 18.8 Å². The van der Waals surface area contributed by atoms with Crippen LogP contribution in [0.25, 0.3) is 0 Å². The third-order valence-electron chi connectivity index (χ3n) is 3.46. The van der Waals surface area contributed by atoms with Crippen molar-refractivity contribution in [2.75, 3.05) is 18.0 Å². The summed E-state index contributed by atoms with van der Waals surface area (Å²) in [5.74, 6) is -0.284. The molecule has 1 unspecified atom stereocenters. The number of para-hydroxylation sites is 1. The van der Waals surface area contributed by atoms with Gasteiger partial charge in [0.05, 0.1) is 0 Å². The van der Waals surface area contributed by atoms with Gasteiger partial charge in [0.15, 0.2) is 0 Å². The zero-order valence-electron chi connectivity index (χ0n) is 10.8. The molecule has 1 aliphatic rings. The van der Waals surface area contributed by atoms with Gasteiger partial charge in [-0.1, -0.05) is 18.2 Å². The molecule has 96 valence electrons. The highest BCUT2D eigenvalue weighted by molar-refractivity contribution is 6.13. The van der Waals surface area contributed by atoms with E-state index in [-0.39, 0.29) is 11.8 Å². The van der Waals surface area contributed by atoms with Gasteiger partial charge in [-0.05, 0) is 32.4 Å². The van der Waals surface area contributed by atoms with Crippen LogP contribution in [0.1, 0.15) is 20.3 Å². The van der Waals surface area contributed by atoms with E-state index in [2.05, 4.69) is 5.32 Å². The van der Waals surface area contributed by atoms with Crippen molar-refractivity contribution in [2.45, 2.75) is 20.3 Å². The van der Waals surface area contributed by atoms with Gasteiger partial charge in [-0.15, -0.1) is 0 Å². The number of carbonyl (C=O) groups excluding carboxylic acids is 2. The van der Waals surface area contributed by atoms with Crippen LogP contribution in [0.5, 0.6) is 0 Å². The van der Waals surface area contributed by atoms with Gasteiger partial charge in [-0.3, -0.25) is 9.59 Å². The summed E-state index contributed by atoms with van der Waals surface area (Å²) in [5.41, 5.74) is -0.0678. The number of hydrogen-bond acceptors (Lipinski definition) is 2. The molecular formula is C14H18N2O2. The minimum absolute atomic E-state index is 0.111. The second-order valence-corrected chi connectivity index (χ2v) is 4.73. The molecule has 0 aromatic heterocycles. The SMILES string of the molecule is CCNC(=O)C1(C)CCN(c2ccccc2)C1=O. The molecule has 4 nitrogen and oxygen atoms in total. The molecule has 1 aliphatic heterocycles. The first-order valence-corrected chi connectivity index (χ1v) is 6.25. The molecule has 18 heavy (non-hydrogen) atoms. The summed E-state index contributed by atoms with van der Waals surface area (Å²) in [6.07, 6.45) is 0.562. The van der Waals surface area contributed by atoms with E-state index in [4.69, 9.17) is 0 Å². The first-order valence-electron chi connectivity index (χ1n) is 6.25. The maximum absolute atomic E-state index is 12.4. The zero-order valence-corrected chi connectivity index (χ0v) is 10.8. The summed E-state index contributed by atoms with van der Waals surface area (Å²) < 4.78 is 0. The van der Waals surface area contributed by atoms with Crippen LogP contribution in [0.3, 0.4) is 0 Å². The quantitative estimate of drug-likeness (QED) is 0.823. The smallest absolute Gasteiger partial charge is 0.242 e. The molecule has 0 spiro atoms. The molecule has 1 aromatic carbocycles.